The number of nitrogens with one attached hydrogen (secondary N) is 1. The minimum Gasteiger partial charge on any atom is -0.438 e. The first kappa shape index (κ1) is 13.1. The van der Waals surface area contributed by atoms with Gasteiger partial charge in [0.2, 0.25) is 5.88 Å². The second-order valence-corrected chi connectivity index (χ2v) is 4.80. The molecule has 1 heterocycles. The predicted molar refractivity (Wildman–Crippen MR) is 75.5 cm³/mol. The lowest BCUT2D eigenvalue weighted by Crippen LogP contribution is -1.97. The first-order chi connectivity index (χ1) is 8.61. The molecule has 1 aromatic carbocycles. The third kappa shape index (κ3) is 2.73. The fourth-order valence-corrected chi connectivity index (χ4v) is 1.99. The van der Waals surface area contributed by atoms with E-state index in [2.05, 4.69) is 31.2 Å². The first-order valence-corrected chi connectivity index (χ1v) is 6.41. The molecule has 0 amide bonds. The fourth-order valence-electron chi connectivity index (χ4n) is 1.39. The highest BCUT2D eigenvalue weighted by Crippen LogP contribution is 2.32. The summed E-state index contributed by atoms with van der Waals surface area (Å²) in [6.45, 7) is 1.92. The molecule has 2 aromatic rings. The Labute approximate surface area is 118 Å². The van der Waals surface area contributed by atoms with Gasteiger partial charge in [-0.1, -0.05) is 11.6 Å². The van der Waals surface area contributed by atoms with E-state index in [1.807, 2.05) is 13.0 Å². The van der Waals surface area contributed by atoms with Gasteiger partial charge < -0.3 is 10.1 Å². The molecule has 18 heavy (non-hydrogen) atoms. The number of benzene rings is 1. The summed E-state index contributed by atoms with van der Waals surface area (Å²) in [5, 5.41) is 3.65. The van der Waals surface area contributed by atoms with Crippen molar-refractivity contribution in [3.05, 3.63) is 39.6 Å². The smallest absolute Gasteiger partial charge is 0.238 e. The molecule has 94 valence electrons. The topological polar surface area (TPSA) is 47.0 Å². The minimum absolute atomic E-state index is 0.455. The molecule has 0 radical (unpaired) electrons. The van der Waals surface area contributed by atoms with E-state index in [0.29, 0.717) is 26.9 Å². The Morgan fingerprint density at radius 2 is 2.11 bits per heavy atom. The molecule has 0 bridgehead atoms. The Morgan fingerprint density at radius 1 is 1.33 bits per heavy atom. The Morgan fingerprint density at radius 3 is 2.78 bits per heavy atom. The van der Waals surface area contributed by atoms with Crippen molar-refractivity contribution in [2.45, 2.75) is 6.92 Å². The van der Waals surface area contributed by atoms with Gasteiger partial charge in [-0.15, -0.1) is 0 Å². The number of rotatable bonds is 3. The van der Waals surface area contributed by atoms with Gasteiger partial charge in [0, 0.05) is 12.1 Å². The number of aromatic nitrogens is 2. The van der Waals surface area contributed by atoms with Gasteiger partial charge in [-0.25, -0.2) is 9.97 Å². The summed E-state index contributed by atoms with van der Waals surface area (Å²) in [6.07, 6.45) is 1.44. The van der Waals surface area contributed by atoms with Crippen LogP contribution in [-0.4, -0.2) is 17.0 Å². The van der Waals surface area contributed by atoms with E-state index in [0.717, 1.165) is 5.56 Å². The van der Waals surface area contributed by atoms with E-state index >= 15 is 0 Å². The molecule has 0 aliphatic rings. The summed E-state index contributed by atoms with van der Waals surface area (Å²) in [4.78, 5) is 8.14. The molecule has 0 aliphatic carbocycles. The third-order valence-electron chi connectivity index (χ3n) is 2.34. The zero-order valence-electron chi connectivity index (χ0n) is 9.87. The van der Waals surface area contributed by atoms with Crippen molar-refractivity contribution >= 4 is 33.3 Å². The lowest BCUT2D eigenvalue weighted by Gasteiger charge is -2.09. The molecule has 0 atom stereocenters. The normalized spacial score (nSPS) is 10.2. The minimum atomic E-state index is 0.455. The van der Waals surface area contributed by atoms with Crippen LogP contribution in [0.15, 0.2) is 29.0 Å². The van der Waals surface area contributed by atoms with Gasteiger partial charge in [0.1, 0.15) is 22.4 Å². The molecule has 0 fully saturated rings. The van der Waals surface area contributed by atoms with E-state index in [-0.39, 0.29) is 0 Å². The van der Waals surface area contributed by atoms with Gasteiger partial charge in [-0.2, -0.15) is 0 Å². The SMILES string of the molecule is CNc1ncnc(Oc2ccc(Cl)c(C)c2)c1Br. The molecule has 6 heteroatoms. The van der Waals surface area contributed by atoms with Gasteiger partial charge in [-0.3, -0.25) is 0 Å². The predicted octanol–water partition coefficient (Wildman–Crippen LogP) is 4.03. The maximum absolute atomic E-state index is 5.96. The van der Waals surface area contributed by atoms with E-state index in [1.54, 1.807) is 19.2 Å². The van der Waals surface area contributed by atoms with E-state index < -0.39 is 0 Å². The third-order valence-corrected chi connectivity index (χ3v) is 3.48. The Kier molecular flexibility index (Phi) is 4.04. The molecule has 0 unspecified atom stereocenters. The second-order valence-electron chi connectivity index (χ2n) is 3.60. The number of hydrogen-bond donors (Lipinski definition) is 1. The highest BCUT2D eigenvalue weighted by Gasteiger charge is 2.10. The molecular formula is C12H11BrClN3O. The van der Waals surface area contributed by atoms with Crippen LogP contribution in [-0.2, 0) is 0 Å². The molecule has 0 saturated carbocycles. The molecular weight excluding hydrogens is 318 g/mol. The fraction of sp³-hybridized carbons (Fsp3) is 0.167. The van der Waals surface area contributed by atoms with Crippen molar-refractivity contribution in [3.8, 4) is 11.6 Å². The molecule has 4 nitrogen and oxygen atoms in total. The molecule has 0 saturated heterocycles. The van der Waals surface area contributed by atoms with Crippen LogP contribution >= 0.6 is 27.5 Å². The Hall–Kier alpha value is -1.33. The molecule has 1 aromatic heterocycles. The quantitative estimate of drug-likeness (QED) is 0.924. The van der Waals surface area contributed by atoms with Crippen LogP contribution in [0.3, 0.4) is 0 Å². The van der Waals surface area contributed by atoms with Crippen molar-refractivity contribution in [2.75, 3.05) is 12.4 Å². The van der Waals surface area contributed by atoms with Crippen molar-refractivity contribution in [1.29, 1.82) is 0 Å². The second kappa shape index (κ2) is 5.54. The Balaban J connectivity index is 2.31. The molecule has 0 spiro atoms. The van der Waals surface area contributed by atoms with E-state index in [9.17, 15) is 0 Å². The standard InChI is InChI=1S/C12H11BrClN3O/c1-7-5-8(3-4-9(7)14)18-12-10(13)11(15-2)16-6-17-12/h3-6H,1-2H3,(H,15,16,17). The van der Waals surface area contributed by atoms with Crippen molar-refractivity contribution in [3.63, 3.8) is 0 Å². The zero-order chi connectivity index (χ0) is 13.1. The van der Waals surface area contributed by atoms with Crippen LogP contribution in [0, 0.1) is 6.92 Å². The van der Waals surface area contributed by atoms with Crippen LogP contribution in [0.4, 0.5) is 5.82 Å². The number of halogens is 2. The molecule has 0 aliphatic heterocycles. The van der Waals surface area contributed by atoms with E-state index in [4.69, 9.17) is 16.3 Å². The zero-order valence-corrected chi connectivity index (χ0v) is 12.2. The first-order valence-electron chi connectivity index (χ1n) is 5.24. The number of anilines is 1. The Bertz CT molecular complexity index is 577. The lowest BCUT2D eigenvalue weighted by molar-refractivity contribution is 0.458. The summed E-state index contributed by atoms with van der Waals surface area (Å²) in [6, 6.07) is 5.44. The summed E-state index contributed by atoms with van der Waals surface area (Å²) in [5.74, 6) is 1.81. The average Bonchev–Trinajstić information content (AvgIpc) is 2.36. The summed E-state index contributed by atoms with van der Waals surface area (Å²) < 4.78 is 6.37. The average molecular weight is 329 g/mol. The number of nitrogens with zero attached hydrogens (tertiary/aromatic N) is 2. The number of aryl methyl sites for hydroxylation is 1. The van der Waals surface area contributed by atoms with E-state index in [1.165, 1.54) is 6.33 Å². The number of hydrogen-bond acceptors (Lipinski definition) is 4. The van der Waals surface area contributed by atoms with Gasteiger partial charge in [-0.05, 0) is 46.6 Å². The highest BCUT2D eigenvalue weighted by molar-refractivity contribution is 9.10. The monoisotopic (exact) mass is 327 g/mol. The highest BCUT2D eigenvalue weighted by atomic mass is 79.9. The van der Waals surface area contributed by atoms with Crippen molar-refractivity contribution < 1.29 is 4.74 Å². The maximum atomic E-state index is 5.96. The van der Waals surface area contributed by atoms with Gasteiger partial charge in [0.25, 0.3) is 0 Å². The van der Waals surface area contributed by atoms with Crippen LogP contribution in [0.1, 0.15) is 5.56 Å². The maximum Gasteiger partial charge on any atom is 0.238 e. The van der Waals surface area contributed by atoms with Crippen LogP contribution in [0.25, 0.3) is 0 Å². The van der Waals surface area contributed by atoms with Gasteiger partial charge >= 0.3 is 0 Å². The molecule has 1 N–H and O–H groups in total. The van der Waals surface area contributed by atoms with Crippen LogP contribution in [0.5, 0.6) is 11.6 Å². The largest absolute Gasteiger partial charge is 0.438 e. The van der Waals surface area contributed by atoms with Crippen molar-refractivity contribution in [1.82, 2.24) is 9.97 Å². The van der Waals surface area contributed by atoms with Crippen LogP contribution in [0.2, 0.25) is 5.02 Å². The number of ether oxygens (including phenoxy) is 1. The summed E-state index contributed by atoms with van der Waals surface area (Å²) in [5.41, 5.74) is 0.952. The summed E-state index contributed by atoms with van der Waals surface area (Å²) >= 11 is 9.36. The van der Waals surface area contributed by atoms with Crippen LogP contribution < -0.4 is 10.1 Å². The van der Waals surface area contributed by atoms with Gasteiger partial charge in [0.05, 0.1) is 0 Å². The summed E-state index contributed by atoms with van der Waals surface area (Å²) in [7, 11) is 1.78. The lowest BCUT2D eigenvalue weighted by atomic mass is 10.2. The molecule has 2 rings (SSSR count). The van der Waals surface area contributed by atoms with Crippen molar-refractivity contribution in [2.24, 2.45) is 0 Å². The van der Waals surface area contributed by atoms with Gasteiger partial charge in [0.15, 0.2) is 0 Å².